The number of rotatable bonds is 4. The zero-order valence-corrected chi connectivity index (χ0v) is 8.87. The Labute approximate surface area is 87.6 Å². The second-order valence-electron chi connectivity index (χ2n) is 3.17. The number of halogens is 1. The minimum absolute atomic E-state index is 0.278. The molecule has 1 aromatic rings. The lowest BCUT2D eigenvalue weighted by Crippen LogP contribution is -2.16. The molecule has 0 aliphatic heterocycles. The smallest absolute Gasteiger partial charge is 0.264 e. The second kappa shape index (κ2) is 4.69. The molecule has 0 aliphatic rings. The van der Waals surface area contributed by atoms with Gasteiger partial charge in [-0.3, -0.25) is 4.55 Å². The van der Waals surface area contributed by atoms with Crippen molar-refractivity contribution >= 4 is 10.4 Å². The summed E-state index contributed by atoms with van der Waals surface area (Å²) >= 11 is 0. The molecule has 0 aromatic heterocycles. The minimum Gasteiger partial charge on any atom is -0.264 e. The quantitative estimate of drug-likeness (QED) is 0.803. The normalized spacial score (nSPS) is 13.8. The van der Waals surface area contributed by atoms with Gasteiger partial charge in [0.25, 0.3) is 0 Å². The van der Waals surface area contributed by atoms with Gasteiger partial charge >= 0.3 is 10.4 Å². The van der Waals surface area contributed by atoms with Crippen LogP contribution in [0.1, 0.15) is 12.5 Å². The Bertz CT molecular complexity index is 412. The van der Waals surface area contributed by atoms with Crippen molar-refractivity contribution in [3.05, 3.63) is 35.6 Å². The van der Waals surface area contributed by atoms with Gasteiger partial charge in [0.1, 0.15) is 5.82 Å². The molecule has 0 aliphatic carbocycles. The Hall–Kier alpha value is -0.980. The lowest BCUT2D eigenvalue weighted by molar-refractivity contribution is 0.198. The van der Waals surface area contributed by atoms with Crippen LogP contribution in [-0.2, 0) is 21.0 Å². The van der Waals surface area contributed by atoms with Crippen molar-refractivity contribution in [1.29, 1.82) is 0 Å². The Balaban J connectivity index is 2.59. The van der Waals surface area contributed by atoms with Crippen molar-refractivity contribution in [3.63, 3.8) is 0 Å². The van der Waals surface area contributed by atoms with E-state index >= 15 is 0 Å². The molecule has 0 bridgehead atoms. The first kappa shape index (κ1) is 12.1. The van der Waals surface area contributed by atoms with Gasteiger partial charge in [-0.25, -0.2) is 8.57 Å². The Morgan fingerprint density at radius 2 is 1.93 bits per heavy atom. The average Bonchev–Trinajstić information content (AvgIpc) is 2.05. The Morgan fingerprint density at radius 3 is 2.40 bits per heavy atom. The summed E-state index contributed by atoms with van der Waals surface area (Å²) in [5, 5.41) is 0. The van der Waals surface area contributed by atoms with E-state index in [0.29, 0.717) is 0 Å². The number of benzene rings is 1. The molecule has 15 heavy (non-hydrogen) atoms. The predicted molar refractivity (Wildman–Crippen MR) is 52.2 cm³/mol. The van der Waals surface area contributed by atoms with Crippen LogP contribution in [0.15, 0.2) is 24.3 Å². The first-order valence-electron chi connectivity index (χ1n) is 4.27. The largest absolute Gasteiger partial charge is 0.397 e. The highest BCUT2D eigenvalue weighted by Crippen LogP contribution is 2.08. The molecule has 1 rings (SSSR count). The van der Waals surface area contributed by atoms with Gasteiger partial charge in [0.15, 0.2) is 0 Å². The number of hydrogen-bond donors (Lipinski definition) is 1. The van der Waals surface area contributed by atoms with Crippen LogP contribution in [0.3, 0.4) is 0 Å². The molecule has 1 aromatic carbocycles. The SMILES string of the molecule is C[C@@H](Cc1ccc(F)cc1)OS(=O)(=O)O. The van der Waals surface area contributed by atoms with E-state index in [2.05, 4.69) is 4.18 Å². The first-order chi connectivity index (χ1) is 6.87. The first-order valence-corrected chi connectivity index (χ1v) is 5.63. The van der Waals surface area contributed by atoms with Gasteiger partial charge in [0.2, 0.25) is 0 Å². The van der Waals surface area contributed by atoms with Gasteiger partial charge in [-0.15, -0.1) is 0 Å². The van der Waals surface area contributed by atoms with Crippen molar-refractivity contribution < 1.29 is 21.5 Å². The van der Waals surface area contributed by atoms with E-state index in [1.54, 1.807) is 0 Å². The van der Waals surface area contributed by atoms with E-state index in [4.69, 9.17) is 4.55 Å². The van der Waals surface area contributed by atoms with E-state index < -0.39 is 16.5 Å². The van der Waals surface area contributed by atoms with Gasteiger partial charge in [-0.05, 0) is 31.0 Å². The molecule has 0 saturated heterocycles. The van der Waals surface area contributed by atoms with Crippen molar-refractivity contribution in [3.8, 4) is 0 Å². The molecule has 6 heteroatoms. The highest BCUT2D eigenvalue weighted by Gasteiger charge is 2.12. The summed E-state index contributed by atoms with van der Waals surface area (Å²) in [7, 11) is -4.43. The van der Waals surface area contributed by atoms with Gasteiger partial charge in [0.05, 0.1) is 6.10 Å². The van der Waals surface area contributed by atoms with Crippen LogP contribution < -0.4 is 0 Å². The zero-order valence-electron chi connectivity index (χ0n) is 8.05. The fourth-order valence-electron chi connectivity index (χ4n) is 1.19. The van der Waals surface area contributed by atoms with Gasteiger partial charge in [-0.2, -0.15) is 8.42 Å². The third kappa shape index (κ3) is 4.87. The van der Waals surface area contributed by atoms with E-state index in [1.807, 2.05) is 0 Å². The lowest BCUT2D eigenvalue weighted by Gasteiger charge is -2.09. The van der Waals surface area contributed by atoms with Crippen molar-refractivity contribution in [2.24, 2.45) is 0 Å². The van der Waals surface area contributed by atoms with Gasteiger partial charge < -0.3 is 0 Å². The second-order valence-corrected chi connectivity index (χ2v) is 4.21. The topological polar surface area (TPSA) is 63.6 Å². The maximum absolute atomic E-state index is 12.5. The van der Waals surface area contributed by atoms with Crippen LogP contribution >= 0.6 is 0 Å². The molecule has 0 spiro atoms. The predicted octanol–water partition coefficient (Wildman–Crippen LogP) is 1.58. The van der Waals surface area contributed by atoms with Crippen LogP contribution in [0.25, 0.3) is 0 Å². The van der Waals surface area contributed by atoms with E-state index in [9.17, 15) is 12.8 Å². The molecule has 0 heterocycles. The van der Waals surface area contributed by atoms with Crippen LogP contribution in [0.5, 0.6) is 0 Å². The molecule has 1 N–H and O–H groups in total. The summed E-state index contributed by atoms with van der Waals surface area (Å²) in [4.78, 5) is 0. The van der Waals surface area contributed by atoms with E-state index in [-0.39, 0.29) is 12.2 Å². The highest BCUT2D eigenvalue weighted by atomic mass is 32.3. The molecule has 4 nitrogen and oxygen atoms in total. The minimum atomic E-state index is -4.43. The molecule has 0 radical (unpaired) electrons. The van der Waals surface area contributed by atoms with Crippen molar-refractivity contribution in [1.82, 2.24) is 0 Å². The van der Waals surface area contributed by atoms with Gasteiger partial charge in [-0.1, -0.05) is 12.1 Å². The van der Waals surface area contributed by atoms with Crippen LogP contribution in [0, 0.1) is 5.82 Å². The lowest BCUT2D eigenvalue weighted by atomic mass is 10.1. The summed E-state index contributed by atoms with van der Waals surface area (Å²) in [5.74, 6) is -0.359. The molecule has 0 unspecified atom stereocenters. The number of hydrogen-bond acceptors (Lipinski definition) is 3. The van der Waals surface area contributed by atoms with Crippen molar-refractivity contribution in [2.75, 3.05) is 0 Å². The monoisotopic (exact) mass is 234 g/mol. The van der Waals surface area contributed by atoms with Crippen LogP contribution in [-0.4, -0.2) is 19.1 Å². The van der Waals surface area contributed by atoms with Gasteiger partial charge in [0, 0.05) is 0 Å². The zero-order chi connectivity index (χ0) is 11.5. The summed E-state index contributed by atoms with van der Waals surface area (Å²) in [6, 6.07) is 5.60. The molecule has 84 valence electrons. The summed E-state index contributed by atoms with van der Waals surface area (Å²) < 4.78 is 46.0. The van der Waals surface area contributed by atoms with E-state index in [0.717, 1.165) is 5.56 Å². The maximum atomic E-state index is 12.5. The maximum Gasteiger partial charge on any atom is 0.397 e. The van der Waals surface area contributed by atoms with E-state index in [1.165, 1.54) is 31.2 Å². The fourth-order valence-corrected chi connectivity index (χ4v) is 1.68. The standard InChI is InChI=1S/C9H11FO4S/c1-7(14-15(11,12)13)6-8-2-4-9(10)5-3-8/h2-5,7H,6H2,1H3,(H,11,12,13)/t7-/m0/s1. The molecular weight excluding hydrogens is 223 g/mol. The summed E-state index contributed by atoms with van der Waals surface area (Å²) in [6.45, 7) is 1.50. The third-order valence-corrected chi connectivity index (χ3v) is 2.29. The molecule has 0 amide bonds. The van der Waals surface area contributed by atoms with Crippen LogP contribution in [0.4, 0.5) is 4.39 Å². The fraction of sp³-hybridized carbons (Fsp3) is 0.333. The summed E-state index contributed by atoms with van der Waals surface area (Å²) in [6.07, 6.45) is -0.412. The van der Waals surface area contributed by atoms with Crippen LogP contribution in [0.2, 0.25) is 0 Å². The molecular formula is C9H11FO4S. The van der Waals surface area contributed by atoms with Crippen molar-refractivity contribution in [2.45, 2.75) is 19.4 Å². The molecule has 0 fully saturated rings. The third-order valence-electron chi connectivity index (χ3n) is 1.72. The summed E-state index contributed by atoms with van der Waals surface area (Å²) in [5.41, 5.74) is 0.729. The molecule has 1 atom stereocenters. The molecule has 0 saturated carbocycles. The Kier molecular flexibility index (Phi) is 3.78. The Morgan fingerprint density at radius 1 is 1.40 bits per heavy atom. The highest BCUT2D eigenvalue weighted by molar-refractivity contribution is 7.80. The average molecular weight is 234 g/mol.